The SMILES string of the molecule is CC(C)(C)C1CCC(C(C)(C)C(F)(F)F)CC1. The molecule has 0 unspecified atom stereocenters. The van der Waals surface area contributed by atoms with Crippen molar-refractivity contribution < 1.29 is 13.2 Å². The first kappa shape index (κ1) is 14.8. The summed E-state index contributed by atoms with van der Waals surface area (Å²) in [5.74, 6) is 0.365. The largest absolute Gasteiger partial charge is 0.394 e. The van der Waals surface area contributed by atoms with E-state index in [2.05, 4.69) is 20.8 Å². The molecular weight excluding hydrogens is 225 g/mol. The Kier molecular flexibility index (Phi) is 3.91. The monoisotopic (exact) mass is 250 g/mol. The summed E-state index contributed by atoms with van der Waals surface area (Å²) in [6.45, 7) is 9.27. The van der Waals surface area contributed by atoms with E-state index in [1.165, 1.54) is 13.8 Å². The third-order valence-electron chi connectivity index (χ3n) is 4.70. The van der Waals surface area contributed by atoms with Crippen molar-refractivity contribution in [2.75, 3.05) is 0 Å². The van der Waals surface area contributed by atoms with E-state index in [9.17, 15) is 13.2 Å². The van der Waals surface area contributed by atoms with Gasteiger partial charge in [0.05, 0.1) is 5.41 Å². The molecule has 0 aromatic heterocycles. The van der Waals surface area contributed by atoms with Gasteiger partial charge in [-0.05, 0) is 42.9 Å². The highest BCUT2D eigenvalue weighted by Crippen LogP contribution is 2.51. The Bertz CT molecular complexity index is 250. The molecule has 0 saturated heterocycles. The zero-order valence-electron chi connectivity index (χ0n) is 11.6. The first-order valence-corrected chi connectivity index (χ1v) is 6.53. The molecule has 0 aromatic carbocycles. The number of rotatable bonds is 1. The highest BCUT2D eigenvalue weighted by Gasteiger charge is 2.52. The third kappa shape index (κ3) is 3.17. The standard InChI is InChI=1S/C14H25F3/c1-12(2,3)10-6-8-11(9-7-10)13(4,5)14(15,16)17/h10-11H,6-9H2,1-5H3. The van der Waals surface area contributed by atoms with Crippen molar-refractivity contribution in [2.45, 2.75) is 66.5 Å². The van der Waals surface area contributed by atoms with Crippen molar-refractivity contribution in [3.63, 3.8) is 0 Å². The highest BCUT2D eigenvalue weighted by molar-refractivity contribution is 4.90. The van der Waals surface area contributed by atoms with Crippen molar-refractivity contribution >= 4 is 0 Å². The molecule has 0 heterocycles. The summed E-state index contributed by atoms with van der Waals surface area (Å²) >= 11 is 0. The molecule has 0 nitrogen and oxygen atoms in total. The molecule has 0 bridgehead atoms. The molecule has 0 aliphatic heterocycles. The van der Waals surface area contributed by atoms with E-state index in [0.29, 0.717) is 18.8 Å². The van der Waals surface area contributed by atoms with Crippen LogP contribution in [0.4, 0.5) is 13.2 Å². The van der Waals surface area contributed by atoms with Gasteiger partial charge in [0.2, 0.25) is 0 Å². The van der Waals surface area contributed by atoms with E-state index in [0.717, 1.165) is 12.8 Å². The molecule has 0 aromatic rings. The molecule has 0 amide bonds. The Morgan fingerprint density at radius 3 is 1.35 bits per heavy atom. The summed E-state index contributed by atoms with van der Waals surface area (Å²) < 4.78 is 38.8. The Morgan fingerprint density at radius 1 is 0.706 bits per heavy atom. The van der Waals surface area contributed by atoms with Crippen LogP contribution >= 0.6 is 0 Å². The summed E-state index contributed by atoms with van der Waals surface area (Å²) in [4.78, 5) is 0. The predicted molar refractivity (Wildman–Crippen MR) is 64.7 cm³/mol. The average Bonchev–Trinajstić information content (AvgIpc) is 2.15. The summed E-state index contributed by atoms with van der Waals surface area (Å²) in [7, 11) is 0. The molecule has 1 aliphatic rings. The van der Waals surface area contributed by atoms with Crippen molar-refractivity contribution in [3.8, 4) is 0 Å². The first-order chi connectivity index (χ1) is 7.46. The zero-order chi connectivity index (χ0) is 13.5. The number of hydrogen-bond donors (Lipinski definition) is 0. The lowest BCUT2D eigenvalue weighted by Gasteiger charge is -2.43. The number of hydrogen-bond acceptors (Lipinski definition) is 0. The molecule has 102 valence electrons. The Morgan fingerprint density at radius 2 is 1.06 bits per heavy atom. The van der Waals surface area contributed by atoms with Crippen LogP contribution in [0, 0.1) is 22.7 Å². The lowest BCUT2D eigenvalue weighted by atomic mass is 9.64. The van der Waals surface area contributed by atoms with Crippen molar-refractivity contribution in [1.29, 1.82) is 0 Å². The van der Waals surface area contributed by atoms with Crippen LogP contribution in [0.1, 0.15) is 60.3 Å². The minimum Gasteiger partial charge on any atom is -0.171 e. The minimum absolute atomic E-state index is 0.207. The second-order valence-electron chi connectivity index (χ2n) is 7.13. The van der Waals surface area contributed by atoms with Gasteiger partial charge in [0.15, 0.2) is 0 Å². The lowest BCUT2D eigenvalue weighted by molar-refractivity contribution is -0.234. The fraction of sp³-hybridized carbons (Fsp3) is 1.00. The van der Waals surface area contributed by atoms with Gasteiger partial charge in [-0.15, -0.1) is 0 Å². The summed E-state index contributed by atoms with van der Waals surface area (Å²) in [6, 6.07) is 0. The normalized spacial score (nSPS) is 28.2. The van der Waals surface area contributed by atoms with E-state index in [1.54, 1.807) is 0 Å². The number of alkyl halides is 3. The van der Waals surface area contributed by atoms with E-state index < -0.39 is 11.6 Å². The Labute approximate surface area is 103 Å². The molecule has 0 N–H and O–H groups in total. The van der Waals surface area contributed by atoms with E-state index >= 15 is 0 Å². The molecule has 0 spiro atoms. The highest BCUT2D eigenvalue weighted by atomic mass is 19.4. The van der Waals surface area contributed by atoms with Gasteiger partial charge in [-0.1, -0.05) is 34.6 Å². The minimum atomic E-state index is -4.08. The lowest BCUT2D eigenvalue weighted by Crippen LogP contribution is -2.41. The molecule has 1 fully saturated rings. The maximum Gasteiger partial charge on any atom is 0.394 e. The molecule has 0 radical (unpaired) electrons. The molecule has 3 heteroatoms. The van der Waals surface area contributed by atoms with Crippen LogP contribution in [0.15, 0.2) is 0 Å². The summed E-state index contributed by atoms with van der Waals surface area (Å²) in [6.07, 6.45) is -0.767. The molecule has 1 aliphatic carbocycles. The first-order valence-electron chi connectivity index (χ1n) is 6.53. The molecule has 0 atom stereocenters. The van der Waals surface area contributed by atoms with Crippen LogP contribution in [0.3, 0.4) is 0 Å². The Hall–Kier alpha value is -0.210. The van der Waals surface area contributed by atoms with E-state index in [4.69, 9.17) is 0 Å². The van der Waals surface area contributed by atoms with Crippen LogP contribution in [-0.2, 0) is 0 Å². The van der Waals surface area contributed by atoms with Crippen molar-refractivity contribution in [1.82, 2.24) is 0 Å². The topological polar surface area (TPSA) is 0 Å². The molecular formula is C14H25F3. The van der Waals surface area contributed by atoms with Gasteiger partial charge in [-0.25, -0.2) is 0 Å². The smallest absolute Gasteiger partial charge is 0.171 e. The van der Waals surface area contributed by atoms with Gasteiger partial charge >= 0.3 is 6.18 Å². The van der Waals surface area contributed by atoms with E-state index in [-0.39, 0.29) is 11.3 Å². The van der Waals surface area contributed by atoms with Crippen LogP contribution in [0.25, 0.3) is 0 Å². The third-order valence-corrected chi connectivity index (χ3v) is 4.70. The van der Waals surface area contributed by atoms with Crippen LogP contribution < -0.4 is 0 Å². The molecule has 17 heavy (non-hydrogen) atoms. The zero-order valence-corrected chi connectivity index (χ0v) is 11.6. The van der Waals surface area contributed by atoms with Crippen LogP contribution in [-0.4, -0.2) is 6.18 Å². The molecule has 1 rings (SSSR count). The second-order valence-corrected chi connectivity index (χ2v) is 7.13. The maximum atomic E-state index is 12.9. The van der Waals surface area contributed by atoms with Gasteiger partial charge in [-0.2, -0.15) is 13.2 Å². The fourth-order valence-corrected chi connectivity index (χ4v) is 2.91. The van der Waals surface area contributed by atoms with Crippen molar-refractivity contribution in [2.24, 2.45) is 22.7 Å². The summed E-state index contributed by atoms with van der Waals surface area (Å²) in [5.41, 5.74) is -1.30. The summed E-state index contributed by atoms with van der Waals surface area (Å²) in [5, 5.41) is 0. The van der Waals surface area contributed by atoms with Crippen molar-refractivity contribution in [3.05, 3.63) is 0 Å². The van der Waals surface area contributed by atoms with Gasteiger partial charge in [0, 0.05) is 0 Å². The van der Waals surface area contributed by atoms with Crippen LogP contribution in [0.2, 0.25) is 0 Å². The maximum absolute atomic E-state index is 12.9. The quantitative estimate of drug-likeness (QED) is 0.582. The Balaban J connectivity index is 2.64. The van der Waals surface area contributed by atoms with Crippen LogP contribution in [0.5, 0.6) is 0 Å². The van der Waals surface area contributed by atoms with Gasteiger partial charge in [0.1, 0.15) is 0 Å². The van der Waals surface area contributed by atoms with E-state index in [1.807, 2.05) is 0 Å². The fourth-order valence-electron chi connectivity index (χ4n) is 2.91. The average molecular weight is 250 g/mol. The predicted octanol–water partition coefficient (Wildman–Crippen LogP) is 5.43. The van der Waals surface area contributed by atoms with Gasteiger partial charge < -0.3 is 0 Å². The van der Waals surface area contributed by atoms with Gasteiger partial charge in [0.25, 0.3) is 0 Å². The van der Waals surface area contributed by atoms with Gasteiger partial charge in [-0.3, -0.25) is 0 Å². The number of halogens is 3. The second kappa shape index (κ2) is 4.47. The molecule has 1 saturated carbocycles.